The fourth-order valence-corrected chi connectivity index (χ4v) is 6.62. The van der Waals surface area contributed by atoms with Gasteiger partial charge in [-0.1, -0.05) is 12.1 Å². The van der Waals surface area contributed by atoms with E-state index in [1.165, 1.54) is 31.0 Å². The molecule has 1 fully saturated rings. The third-order valence-corrected chi connectivity index (χ3v) is 9.88. The van der Waals surface area contributed by atoms with Crippen LogP contribution < -0.4 is 0 Å². The van der Waals surface area contributed by atoms with E-state index >= 15 is 0 Å². The molecule has 1 aliphatic rings. The van der Waals surface area contributed by atoms with E-state index in [-0.39, 0.29) is 42.9 Å². The van der Waals surface area contributed by atoms with Crippen LogP contribution in [0.1, 0.15) is 48.3 Å². The maximum absolute atomic E-state index is 13.4. The van der Waals surface area contributed by atoms with Crippen molar-refractivity contribution in [2.45, 2.75) is 48.7 Å². The number of halogens is 6. The number of hydrogen-bond donors (Lipinski definition) is 0. The van der Waals surface area contributed by atoms with Crippen LogP contribution in [0.2, 0.25) is 0 Å². The van der Waals surface area contributed by atoms with Crippen molar-refractivity contribution in [3.63, 3.8) is 0 Å². The van der Waals surface area contributed by atoms with Crippen molar-refractivity contribution in [3.8, 4) is 11.3 Å². The highest BCUT2D eigenvalue weighted by Gasteiger charge is 2.45. The van der Waals surface area contributed by atoms with E-state index in [0.29, 0.717) is 12.3 Å². The summed E-state index contributed by atoms with van der Waals surface area (Å²) < 4.78 is 105. The quantitative estimate of drug-likeness (QED) is 0.329. The van der Waals surface area contributed by atoms with Gasteiger partial charge in [-0.05, 0) is 69.0 Å². The van der Waals surface area contributed by atoms with Crippen molar-refractivity contribution in [1.82, 2.24) is 14.9 Å². The van der Waals surface area contributed by atoms with Crippen molar-refractivity contribution in [3.05, 3.63) is 77.7 Å². The van der Waals surface area contributed by atoms with Gasteiger partial charge < -0.3 is 4.90 Å². The molecule has 0 N–H and O–H groups in total. The van der Waals surface area contributed by atoms with Gasteiger partial charge in [-0.2, -0.15) is 26.3 Å². The smallest absolute Gasteiger partial charge is 0.337 e. The minimum absolute atomic E-state index is 0.0788. The second kappa shape index (κ2) is 10.5. The van der Waals surface area contributed by atoms with Crippen molar-refractivity contribution >= 4 is 15.7 Å². The lowest BCUT2D eigenvalue weighted by molar-refractivity contribution is -0.138. The van der Waals surface area contributed by atoms with E-state index in [4.69, 9.17) is 0 Å². The summed E-state index contributed by atoms with van der Waals surface area (Å²) in [6, 6.07) is 9.00. The molecule has 0 saturated carbocycles. The molecule has 13 heteroatoms. The number of benzene rings is 1. The Balaban J connectivity index is 1.56. The highest BCUT2D eigenvalue weighted by atomic mass is 32.2. The van der Waals surface area contributed by atoms with E-state index in [1.54, 1.807) is 12.1 Å². The second-order valence-electron chi connectivity index (χ2n) is 10.0. The van der Waals surface area contributed by atoms with Crippen LogP contribution in [0.3, 0.4) is 0 Å². The lowest BCUT2D eigenvalue weighted by atomic mass is 9.85. The Bertz CT molecular complexity index is 1500. The first-order valence-electron chi connectivity index (χ1n) is 12.2. The number of nitrogens with zero attached hydrogens (tertiary/aromatic N) is 3. The summed E-state index contributed by atoms with van der Waals surface area (Å²) >= 11 is 0. The van der Waals surface area contributed by atoms with Crippen LogP contribution in [-0.2, 0) is 22.2 Å². The Morgan fingerprint density at radius 3 is 2.10 bits per heavy atom. The largest absolute Gasteiger partial charge is 0.417 e. The minimum atomic E-state index is -4.71. The van der Waals surface area contributed by atoms with Crippen molar-refractivity contribution in [2.75, 3.05) is 13.1 Å². The maximum Gasteiger partial charge on any atom is 0.417 e. The van der Waals surface area contributed by atoms with Gasteiger partial charge >= 0.3 is 12.4 Å². The molecule has 0 radical (unpaired) electrons. The number of carbonyl (C=O) groups is 1. The summed E-state index contributed by atoms with van der Waals surface area (Å²) in [5, 5.41) is 0. The fourth-order valence-electron chi connectivity index (χ4n) is 4.80. The molecule has 1 saturated heterocycles. The van der Waals surface area contributed by atoms with E-state index in [1.807, 2.05) is 0 Å². The van der Waals surface area contributed by atoms with Gasteiger partial charge in [0.25, 0.3) is 5.91 Å². The zero-order valence-corrected chi connectivity index (χ0v) is 22.2. The molecule has 6 nitrogen and oxygen atoms in total. The second-order valence-corrected chi connectivity index (χ2v) is 12.6. The molecule has 1 aliphatic heterocycles. The third-order valence-electron chi connectivity index (χ3n) is 7.29. The lowest BCUT2D eigenvalue weighted by Crippen LogP contribution is -2.47. The summed E-state index contributed by atoms with van der Waals surface area (Å²) in [4.78, 5) is 22.2. The number of rotatable bonds is 5. The van der Waals surface area contributed by atoms with E-state index in [2.05, 4.69) is 9.97 Å². The Morgan fingerprint density at radius 1 is 0.875 bits per heavy atom. The molecule has 2 aromatic heterocycles. The first-order valence-corrected chi connectivity index (χ1v) is 13.7. The monoisotopic (exact) mass is 585 g/mol. The molecule has 1 aromatic carbocycles. The average molecular weight is 586 g/mol. The number of pyridine rings is 2. The van der Waals surface area contributed by atoms with Gasteiger partial charge in [-0.25, -0.2) is 13.4 Å². The number of hydrogen-bond acceptors (Lipinski definition) is 5. The molecule has 0 bridgehead atoms. The van der Waals surface area contributed by atoms with Crippen molar-refractivity contribution in [2.24, 2.45) is 5.92 Å². The lowest BCUT2D eigenvalue weighted by Gasteiger charge is -2.40. The Hall–Kier alpha value is -3.48. The molecule has 214 valence electrons. The first kappa shape index (κ1) is 29.5. The molecule has 4 rings (SSSR count). The molecule has 40 heavy (non-hydrogen) atoms. The Labute approximate surface area is 227 Å². The van der Waals surface area contributed by atoms with Crippen molar-refractivity contribution in [1.29, 1.82) is 0 Å². The minimum Gasteiger partial charge on any atom is -0.337 e. The number of sulfone groups is 1. The summed E-state index contributed by atoms with van der Waals surface area (Å²) in [6.07, 6.45) is -7.03. The van der Waals surface area contributed by atoms with Gasteiger partial charge in [-0.15, -0.1) is 0 Å². The maximum atomic E-state index is 13.4. The molecular formula is C27H25F6N3O3S. The number of alkyl halides is 6. The molecule has 0 aliphatic carbocycles. The topological polar surface area (TPSA) is 80.2 Å². The number of amides is 1. The van der Waals surface area contributed by atoms with Crippen LogP contribution in [0, 0.1) is 5.92 Å². The highest BCUT2D eigenvalue weighted by Crippen LogP contribution is 2.40. The summed E-state index contributed by atoms with van der Waals surface area (Å²) in [7, 11) is -4.20. The highest BCUT2D eigenvalue weighted by molar-refractivity contribution is 7.92. The molecule has 0 spiro atoms. The predicted molar refractivity (Wildman–Crippen MR) is 134 cm³/mol. The zero-order chi connectivity index (χ0) is 29.5. The summed E-state index contributed by atoms with van der Waals surface area (Å²) in [5.41, 5.74) is -2.29. The van der Waals surface area contributed by atoms with Gasteiger partial charge in [0.05, 0.1) is 26.5 Å². The molecule has 3 heterocycles. The number of carbonyl (C=O) groups excluding carboxylic acids is 1. The van der Waals surface area contributed by atoms with E-state index in [9.17, 15) is 39.6 Å². The van der Waals surface area contributed by atoms with Gasteiger partial charge in [0.1, 0.15) is 5.69 Å². The van der Waals surface area contributed by atoms with Crippen LogP contribution in [0.4, 0.5) is 26.3 Å². The SMILES string of the molecule is CC(C)(C1CCN(C(=O)c2ncc(C(F)(F)F)cc2-c2ccccn2)CC1)S(=O)(=O)c1cccc(C(F)(F)F)c1. The molecule has 1 amide bonds. The van der Waals surface area contributed by atoms with Gasteiger partial charge in [-0.3, -0.25) is 9.78 Å². The molecule has 0 unspecified atom stereocenters. The summed E-state index contributed by atoms with van der Waals surface area (Å²) in [6.45, 7) is 3.05. The van der Waals surface area contributed by atoms with Crippen LogP contribution in [0.5, 0.6) is 0 Å². The zero-order valence-electron chi connectivity index (χ0n) is 21.4. The standard InChI is InChI=1S/C27H25F6N3O3S/c1-25(2,40(38,39)20-7-5-6-18(14-20)26(28,29)30)17-9-12-36(13-10-17)24(37)23-21(22-8-3-4-11-34-22)15-19(16-35-23)27(31,32)33/h3-8,11,14-17H,9-10,12-13H2,1-2H3. The average Bonchev–Trinajstić information content (AvgIpc) is 2.92. The Morgan fingerprint density at radius 2 is 1.52 bits per heavy atom. The molecule has 3 aromatic rings. The molecule has 0 atom stereocenters. The fraction of sp³-hybridized carbons (Fsp3) is 0.370. The summed E-state index contributed by atoms with van der Waals surface area (Å²) in [5.74, 6) is -1.14. The van der Waals surface area contributed by atoms with E-state index in [0.717, 1.165) is 24.3 Å². The van der Waals surface area contributed by atoms with Crippen LogP contribution >= 0.6 is 0 Å². The first-order chi connectivity index (χ1) is 18.5. The van der Waals surface area contributed by atoms with Gasteiger partial charge in [0, 0.05) is 31.0 Å². The Kier molecular flexibility index (Phi) is 7.74. The van der Waals surface area contributed by atoms with Crippen LogP contribution in [-0.4, -0.2) is 47.0 Å². The third kappa shape index (κ3) is 5.70. The van der Waals surface area contributed by atoms with Crippen LogP contribution in [0.25, 0.3) is 11.3 Å². The number of aromatic nitrogens is 2. The molecular weight excluding hydrogens is 560 g/mol. The van der Waals surface area contributed by atoms with Crippen molar-refractivity contribution < 1.29 is 39.6 Å². The number of likely N-dealkylation sites (tertiary alicyclic amines) is 1. The van der Waals surface area contributed by atoms with Gasteiger partial charge in [0.15, 0.2) is 9.84 Å². The predicted octanol–water partition coefficient (Wildman–Crippen LogP) is 6.29. The van der Waals surface area contributed by atoms with Crippen LogP contribution in [0.15, 0.2) is 65.8 Å². The van der Waals surface area contributed by atoms with Gasteiger partial charge in [0.2, 0.25) is 0 Å². The number of piperidine rings is 1. The normalized spacial score (nSPS) is 15.8. The van der Waals surface area contributed by atoms with E-state index < -0.39 is 54.8 Å².